The molecule has 2 heterocycles. The van der Waals surface area contributed by atoms with Crippen LogP contribution < -0.4 is 10.2 Å². The second-order valence-electron chi connectivity index (χ2n) is 8.76. The Bertz CT molecular complexity index is 1060. The molecule has 1 saturated heterocycles. The van der Waals surface area contributed by atoms with Gasteiger partial charge in [-0.3, -0.25) is 9.69 Å². The van der Waals surface area contributed by atoms with E-state index in [4.69, 9.17) is 23.2 Å². The van der Waals surface area contributed by atoms with E-state index in [1.54, 1.807) is 6.07 Å². The second-order valence-corrected chi connectivity index (χ2v) is 9.60. The first kappa shape index (κ1) is 23.9. The van der Waals surface area contributed by atoms with Crippen LogP contribution in [-0.2, 0) is 7.05 Å². The third-order valence-corrected chi connectivity index (χ3v) is 7.17. The molecule has 0 radical (unpaired) electrons. The van der Waals surface area contributed by atoms with E-state index < -0.39 is 0 Å². The minimum Gasteiger partial charge on any atom is -0.368 e. The molecule has 2 aromatic rings. The lowest BCUT2D eigenvalue weighted by Crippen LogP contribution is -2.47. The number of carbonyl (C=O) groups is 1. The van der Waals surface area contributed by atoms with Gasteiger partial charge in [0.25, 0.3) is 5.91 Å². The Morgan fingerprint density at radius 2 is 1.88 bits per heavy atom. The predicted molar refractivity (Wildman–Crippen MR) is 139 cm³/mol. The maximum atomic E-state index is 12.8. The molecule has 2 aliphatic rings. The molecule has 1 N–H and O–H groups in total. The highest BCUT2D eigenvalue weighted by Crippen LogP contribution is 2.29. The van der Waals surface area contributed by atoms with Gasteiger partial charge in [-0.05, 0) is 62.6 Å². The molecule has 176 valence electrons. The summed E-state index contributed by atoms with van der Waals surface area (Å²) in [6, 6.07) is 7.70. The van der Waals surface area contributed by atoms with Gasteiger partial charge < -0.3 is 14.8 Å². The molecule has 33 heavy (non-hydrogen) atoms. The number of hydrogen-bond acceptors (Lipinski definition) is 3. The summed E-state index contributed by atoms with van der Waals surface area (Å²) in [5.41, 5.74) is 5.11. The maximum Gasteiger partial charge on any atom is 0.253 e. The monoisotopic (exact) mass is 486 g/mol. The van der Waals surface area contributed by atoms with E-state index in [1.165, 1.54) is 5.57 Å². The van der Waals surface area contributed by atoms with Gasteiger partial charge in [-0.15, -0.1) is 0 Å². The summed E-state index contributed by atoms with van der Waals surface area (Å²) in [4.78, 5) is 17.6. The molecule has 1 fully saturated rings. The van der Waals surface area contributed by atoms with Gasteiger partial charge in [0.05, 0.1) is 16.3 Å². The first-order valence-corrected chi connectivity index (χ1v) is 12.4. The van der Waals surface area contributed by atoms with Crippen molar-refractivity contribution in [3.05, 3.63) is 69.5 Å². The first-order valence-electron chi connectivity index (χ1n) is 11.7. The highest BCUT2D eigenvalue weighted by molar-refractivity contribution is 6.36. The van der Waals surface area contributed by atoms with E-state index in [0.717, 1.165) is 74.6 Å². The van der Waals surface area contributed by atoms with Crippen LogP contribution in [0.1, 0.15) is 41.0 Å². The lowest BCUT2D eigenvalue weighted by atomic mass is 10.0. The van der Waals surface area contributed by atoms with Crippen LogP contribution in [0.15, 0.2) is 42.5 Å². The predicted octanol–water partition coefficient (Wildman–Crippen LogP) is 5.32. The molecule has 0 spiro atoms. The second kappa shape index (κ2) is 10.8. The molecule has 0 atom stereocenters. The van der Waals surface area contributed by atoms with Crippen LogP contribution in [0, 0.1) is 6.92 Å². The van der Waals surface area contributed by atoms with Crippen LogP contribution in [0.5, 0.6) is 0 Å². The van der Waals surface area contributed by atoms with E-state index in [0.29, 0.717) is 16.6 Å². The maximum absolute atomic E-state index is 12.8. The van der Waals surface area contributed by atoms with E-state index in [2.05, 4.69) is 37.9 Å². The van der Waals surface area contributed by atoms with Crippen LogP contribution in [0.3, 0.4) is 0 Å². The number of rotatable bonds is 7. The van der Waals surface area contributed by atoms with Crippen molar-refractivity contribution in [3.63, 3.8) is 0 Å². The highest BCUT2D eigenvalue weighted by atomic mass is 35.5. The fourth-order valence-electron chi connectivity index (χ4n) is 4.56. The van der Waals surface area contributed by atoms with Crippen molar-refractivity contribution < 1.29 is 4.79 Å². The van der Waals surface area contributed by atoms with Gasteiger partial charge in [-0.1, -0.05) is 41.4 Å². The number of nitrogens with one attached hydrogen (secondary N) is 1. The lowest BCUT2D eigenvalue weighted by Gasteiger charge is -2.36. The third-order valence-electron chi connectivity index (χ3n) is 6.63. The summed E-state index contributed by atoms with van der Waals surface area (Å²) in [6.07, 6.45) is 9.67. The van der Waals surface area contributed by atoms with Crippen LogP contribution in [0.25, 0.3) is 5.57 Å². The summed E-state index contributed by atoms with van der Waals surface area (Å²) in [7, 11) is 2.03. The van der Waals surface area contributed by atoms with Crippen LogP contribution >= 0.6 is 23.2 Å². The lowest BCUT2D eigenvalue weighted by molar-refractivity contribution is 0.0950. The molecular formula is C26H32Cl2N4O. The number of aromatic nitrogens is 1. The molecule has 1 aromatic heterocycles. The van der Waals surface area contributed by atoms with Gasteiger partial charge in [-0.25, -0.2) is 0 Å². The standard InChI is InChI=1S/C26H32Cl2N4O/c1-19-22(18-25(30(19)2)20-7-4-3-5-8-20)26(33)29-11-6-12-31-13-15-32(16-14-31)24-10-9-21(27)17-23(24)28/h4,7-10,17-18H,3,5-6,11-16H2,1-2H3,(H,29,33). The summed E-state index contributed by atoms with van der Waals surface area (Å²) in [5.74, 6) is 0.0111. The molecule has 5 nitrogen and oxygen atoms in total. The molecule has 0 bridgehead atoms. The number of allylic oxidation sites excluding steroid dienone is 4. The molecular weight excluding hydrogens is 455 g/mol. The summed E-state index contributed by atoms with van der Waals surface area (Å²) in [6.45, 7) is 7.49. The Balaban J connectivity index is 1.23. The zero-order valence-electron chi connectivity index (χ0n) is 19.4. The third kappa shape index (κ3) is 5.65. The van der Waals surface area contributed by atoms with Gasteiger partial charge in [0, 0.05) is 56.2 Å². The average molecular weight is 487 g/mol. The molecule has 4 rings (SSSR count). The van der Waals surface area contributed by atoms with Crippen LogP contribution in [0.2, 0.25) is 10.0 Å². The van der Waals surface area contributed by atoms with Gasteiger partial charge in [0.2, 0.25) is 0 Å². The largest absolute Gasteiger partial charge is 0.368 e. The molecule has 0 unspecified atom stereocenters. The zero-order chi connectivity index (χ0) is 23.4. The van der Waals surface area contributed by atoms with Gasteiger partial charge in [0.1, 0.15) is 0 Å². The van der Waals surface area contributed by atoms with Gasteiger partial charge >= 0.3 is 0 Å². The Kier molecular flexibility index (Phi) is 7.84. The zero-order valence-corrected chi connectivity index (χ0v) is 20.9. The van der Waals surface area contributed by atoms with Crippen molar-refractivity contribution >= 4 is 40.4 Å². The molecule has 7 heteroatoms. The molecule has 1 aliphatic heterocycles. The van der Waals surface area contributed by atoms with Crippen LogP contribution in [-0.4, -0.2) is 54.6 Å². The average Bonchev–Trinajstić information content (AvgIpc) is 3.12. The van der Waals surface area contributed by atoms with Crippen molar-refractivity contribution in [3.8, 4) is 0 Å². The molecule has 1 amide bonds. The quantitative estimate of drug-likeness (QED) is 0.538. The number of hydrogen-bond donors (Lipinski definition) is 1. The Morgan fingerprint density at radius 3 is 2.58 bits per heavy atom. The fourth-order valence-corrected chi connectivity index (χ4v) is 5.09. The highest BCUT2D eigenvalue weighted by Gasteiger charge is 2.20. The van der Waals surface area contributed by atoms with Crippen molar-refractivity contribution in [1.29, 1.82) is 0 Å². The Labute approximate surface area is 206 Å². The number of halogens is 2. The minimum atomic E-state index is 0.0111. The molecule has 0 saturated carbocycles. The number of amides is 1. The van der Waals surface area contributed by atoms with E-state index in [-0.39, 0.29) is 5.91 Å². The van der Waals surface area contributed by atoms with Gasteiger partial charge in [-0.2, -0.15) is 0 Å². The Hall–Kier alpha value is -2.21. The summed E-state index contributed by atoms with van der Waals surface area (Å²) >= 11 is 12.4. The first-order chi connectivity index (χ1) is 15.9. The van der Waals surface area contributed by atoms with E-state index in [1.807, 2.05) is 32.2 Å². The van der Waals surface area contributed by atoms with E-state index in [9.17, 15) is 4.79 Å². The Morgan fingerprint density at radius 1 is 1.09 bits per heavy atom. The van der Waals surface area contributed by atoms with Crippen molar-refractivity contribution in [1.82, 2.24) is 14.8 Å². The normalized spacial score (nSPS) is 16.7. The van der Waals surface area contributed by atoms with E-state index >= 15 is 0 Å². The van der Waals surface area contributed by atoms with Gasteiger partial charge in [0.15, 0.2) is 0 Å². The number of anilines is 1. The topological polar surface area (TPSA) is 40.5 Å². The number of piperazine rings is 1. The summed E-state index contributed by atoms with van der Waals surface area (Å²) < 4.78 is 2.11. The smallest absolute Gasteiger partial charge is 0.253 e. The molecule has 1 aliphatic carbocycles. The van der Waals surface area contributed by atoms with Crippen molar-refractivity contribution in [2.75, 3.05) is 44.2 Å². The SMILES string of the molecule is Cc1c(C(=O)NCCCN2CCN(c3ccc(Cl)cc3Cl)CC2)cc(C2=CCCC=C2)n1C. The molecule has 1 aromatic carbocycles. The fraction of sp³-hybridized carbons (Fsp3) is 0.423. The van der Waals surface area contributed by atoms with Crippen molar-refractivity contribution in [2.45, 2.75) is 26.2 Å². The van der Waals surface area contributed by atoms with Crippen molar-refractivity contribution in [2.24, 2.45) is 7.05 Å². The minimum absolute atomic E-state index is 0.0111. The number of nitrogens with zero attached hydrogens (tertiary/aromatic N) is 3. The number of carbonyl (C=O) groups excluding carboxylic acids is 1. The summed E-state index contributed by atoms with van der Waals surface area (Å²) in [5, 5.41) is 4.48. The van der Waals surface area contributed by atoms with Crippen LogP contribution in [0.4, 0.5) is 5.69 Å². The number of benzene rings is 1.